The van der Waals surface area contributed by atoms with Crippen molar-refractivity contribution < 1.29 is 19.2 Å². The van der Waals surface area contributed by atoms with Crippen LogP contribution in [0.15, 0.2) is 30.3 Å². The zero-order valence-corrected chi connectivity index (χ0v) is 15.4. The maximum atomic E-state index is 12.7. The smallest absolute Gasteiger partial charge is 0.325 e. The first-order valence-corrected chi connectivity index (χ1v) is 9.19. The monoisotopic (exact) mass is 372 g/mol. The topological polar surface area (TPSA) is 90.0 Å². The molecule has 1 atom stereocenters. The minimum absolute atomic E-state index is 0.0102. The molecule has 2 aliphatic rings. The minimum Gasteiger partial charge on any atom is -0.339 e. The summed E-state index contributed by atoms with van der Waals surface area (Å²) >= 11 is 0. The number of carbonyl (C=O) groups is 4. The highest BCUT2D eigenvalue weighted by Crippen LogP contribution is 2.18. The van der Waals surface area contributed by atoms with Crippen molar-refractivity contribution in [2.24, 2.45) is 0 Å². The lowest BCUT2D eigenvalue weighted by Gasteiger charge is -2.31. The summed E-state index contributed by atoms with van der Waals surface area (Å²) in [5.41, 5.74) is 1.04. The van der Waals surface area contributed by atoms with E-state index in [1.165, 1.54) is 0 Å². The highest BCUT2D eigenvalue weighted by molar-refractivity contribution is 6.04. The first-order chi connectivity index (χ1) is 13.0. The summed E-state index contributed by atoms with van der Waals surface area (Å²) < 4.78 is 0. The third kappa shape index (κ3) is 4.27. The van der Waals surface area contributed by atoms with E-state index in [2.05, 4.69) is 5.32 Å². The summed E-state index contributed by atoms with van der Waals surface area (Å²) in [6.45, 7) is 2.83. The van der Waals surface area contributed by atoms with Gasteiger partial charge in [0.2, 0.25) is 11.8 Å². The zero-order chi connectivity index (χ0) is 19.4. The van der Waals surface area contributed by atoms with Gasteiger partial charge in [-0.15, -0.1) is 0 Å². The number of hydrogen-bond acceptors (Lipinski definition) is 4. The molecule has 8 nitrogen and oxygen atoms in total. The quantitative estimate of drug-likeness (QED) is 0.766. The summed E-state index contributed by atoms with van der Waals surface area (Å²) in [6.07, 6.45) is 0.945. The molecule has 27 heavy (non-hydrogen) atoms. The SMILES string of the molecule is CCC1CN(C(=O)CN2C(=O)CNC2=O)CCC(=O)N1Cc1ccccc1. The third-order valence-corrected chi connectivity index (χ3v) is 5.04. The Kier molecular flexibility index (Phi) is 5.73. The fourth-order valence-electron chi connectivity index (χ4n) is 3.45. The van der Waals surface area contributed by atoms with Gasteiger partial charge >= 0.3 is 6.03 Å². The lowest BCUT2D eigenvalue weighted by atomic mass is 10.1. The Morgan fingerprint density at radius 1 is 1.15 bits per heavy atom. The van der Waals surface area contributed by atoms with E-state index in [0.717, 1.165) is 10.5 Å². The van der Waals surface area contributed by atoms with Crippen molar-refractivity contribution in [2.45, 2.75) is 32.4 Å². The van der Waals surface area contributed by atoms with Crippen LogP contribution in [0.3, 0.4) is 0 Å². The van der Waals surface area contributed by atoms with Gasteiger partial charge in [-0.1, -0.05) is 37.3 Å². The number of rotatable bonds is 5. The predicted octanol–water partition coefficient (Wildman–Crippen LogP) is 0.578. The van der Waals surface area contributed by atoms with Crippen LogP contribution in [0.1, 0.15) is 25.3 Å². The summed E-state index contributed by atoms with van der Waals surface area (Å²) in [7, 11) is 0. The van der Waals surface area contributed by atoms with E-state index in [4.69, 9.17) is 0 Å². The number of carbonyl (C=O) groups excluding carboxylic acids is 4. The van der Waals surface area contributed by atoms with Crippen molar-refractivity contribution in [3.05, 3.63) is 35.9 Å². The van der Waals surface area contributed by atoms with Crippen LogP contribution >= 0.6 is 0 Å². The number of imide groups is 1. The van der Waals surface area contributed by atoms with Crippen molar-refractivity contribution in [1.29, 1.82) is 0 Å². The van der Waals surface area contributed by atoms with E-state index in [1.807, 2.05) is 42.2 Å². The average Bonchev–Trinajstić information content (AvgIpc) is 2.89. The van der Waals surface area contributed by atoms with E-state index in [-0.39, 0.29) is 37.4 Å². The van der Waals surface area contributed by atoms with Crippen molar-refractivity contribution in [1.82, 2.24) is 20.0 Å². The summed E-state index contributed by atoms with van der Waals surface area (Å²) in [6, 6.07) is 9.11. The third-order valence-electron chi connectivity index (χ3n) is 5.04. The molecule has 8 heteroatoms. The molecule has 144 valence electrons. The number of amides is 5. The Hall–Kier alpha value is -2.90. The number of benzene rings is 1. The fourth-order valence-corrected chi connectivity index (χ4v) is 3.45. The number of nitrogens with one attached hydrogen (secondary N) is 1. The molecule has 0 spiro atoms. The molecule has 3 rings (SSSR count). The van der Waals surface area contributed by atoms with Gasteiger partial charge < -0.3 is 15.1 Å². The minimum atomic E-state index is -0.544. The normalized spacial score (nSPS) is 20.7. The Morgan fingerprint density at radius 2 is 1.89 bits per heavy atom. The number of nitrogens with zero attached hydrogens (tertiary/aromatic N) is 3. The molecular weight excluding hydrogens is 348 g/mol. The van der Waals surface area contributed by atoms with Crippen LogP contribution in [-0.2, 0) is 20.9 Å². The predicted molar refractivity (Wildman–Crippen MR) is 97.4 cm³/mol. The Bertz CT molecular complexity index is 720. The van der Waals surface area contributed by atoms with Crippen LogP contribution in [0.4, 0.5) is 4.79 Å². The van der Waals surface area contributed by atoms with Crippen molar-refractivity contribution in [2.75, 3.05) is 26.2 Å². The molecule has 0 aliphatic carbocycles. The van der Waals surface area contributed by atoms with Crippen molar-refractivity contribution in [3.8, 4) is 0 Å². The van der Waals surface area contributed by atoms with Crippen LogP contribution < -0.4 is 5.32 Å². The Balaban J connectivity index is 1.69. The van der Waals surface area contributed by atoms with Crippen LogP contribution in [-0.4, -0.2) is 70.7 Å². The van der Waals surface area contributed by atoms with Gasteiger partial charge in [-0.05, 0) is 12.0 Å². The molecule has 2 saturated heterocycles. The van der Waals surface area contributed by atoms with Crippen LogP contribution in [0.2, 0.25) is 0 Å². The standard InChI is InChI=1S/C19H24N4O4/c1-2-15-12-21(18(26)13-23-17(25)10-20-19(23)27)9-8-16(24)22(15)11-14-6-4-3-5-7-14/h3-7,15H,2,8-13H2,1H3,(H,20,27). The molecule has 0 bridgehead atoms. The molecule has 2 heterocycles. The summed E-state index contributed by atoms with van der Waals surface area (Å²) in [5, 5.41) is 2.41. The second-order valence-corrected chi connectivity index (χ2v) is 6.80. The summed E-state index contributed by atoms with van der Waals surface area (Å²) in [4.78, 5) is 53.0. The first kappa shape index (κ1) is 18.9. The number of hydrogen-bond donors (Lipinski definition) is 1. The van der Waals surface area contributed by atoms with Crippen molar-refractivity contribution in [3.63, 3.8) is 0 Å². The van der Waals surface area contributed by atoms with Gasteiger partial charge in [0, 0.05) is 32.1 Å². The van der Waals surface area contributed by atoms with Gasteiger partial charge in [-0.3, -0.25) is 19.3 Å². The molecule has 0 aromatic heterocycles. The van der Waals surface area contributed by atoms with Gasteiger partial charge in [-0.2, -0.15) is 0 Å². The largest absolute Gasteiger partial charge is 0.339 e. The second-order valence-electron chi connectivity index (χ2n) is 6.80. The van der Waals surface area contributed by atoms with E-state index in [9.17, 15) is 19.2 Å². The molecule has 2 aliphatic heterocycles. The van der Waals surface area contributed by atoms with Crippen LogP contribution in [0.25, 0.3) is 0 Å². The van der Waals surface area contributed by atoms with Gasteiger partial charge in [0.05, 0.1) is 6.54 Å². The highest BCUT2D eigenvalue weighted by Gasteiger charge is 2.34. The molecule has 1 unspecified atom stereocenters. The van der Waals surface area contributed by atoms with E-state index in [1.54, 1.807) is 4.90 Å². The zero-order valence-electron chi connectivity index (χ0n) is 15.4. The molecule has 1 aromatic carbocycles. The molecule has 0 radical (unpaired) electrons. The van der Waals surface area contributed by atoms with Gasteiger partial charge in [0.1, 0.15) is 6.54 Å². The van der Waals surface area contributed by atoms with Crippen molar-refractivity contribution >= 4 is 23.8 Å². The molecule has 1 aromatic rings. The number of urea groups is 1. The molecular formula is C19H24N4O4. The molecule has 5 amide bonds. The van der Waals surface area contributed by atoms with Gasteiger partial charge in [0.15, 0.2) is 0 Å². The van der Waals surface area contributed by atoms with E-state index < -0.39 is 11.9 Å². The Morgan fingerprint density at radius 3 is 2.52 bits per heavy atom. The fraction of sp³-hybridized carbons (Fsp3) is 0.474. The van der Waals surface area contributed by atoms with Crippen LogP contribution in [0.5, 0.6) is 0 Å². The van der Waals surface area contributed by atoms with E-state index in [0.29, 0.717) is 26.1 Å². The molecule has 1 N–H and O–H groups in total. The van der Waals surface area contributed by atoms with E-state index >= 15 is 0 Å². The van der Waals surface area contributed by atoms with Gasteiger partial charge in [-0.25, -0.2) is 4.79 Å². The first-order valence-electron chi connectivity index (χ1n) is 9.19. The second kappa shape index (κ2) is 8.20. The highest BCUT2D eigenvalue weighted by atomic mass is 16.2. The molecule has 2 fully saturated rings. The lowest BCUT2D eigenvalue weighted by molar-refractivity contribution is -0.136. The maximum Gasteiger partial charge on any atom is 0.325 e. The lowest BCUT2D eigenvalue weighted by Crippen LogP contribution is -2.47. The maximum absolute atomic E-state index is 12.7. The summed E-state index contributed by atoms with van der Waals surface area (Å²) in [5.74, 6) is -0.707. The molecule has 0 saturated carbocycles. The Labute approximate surface area is 158 Å². The average molecular weight is 372 g/mol. The van der Waals surface area contributed by atoms with Gasteiger partial charge in [0.25, 0.3) is 5.91 Å². The van der Waals surface area contributed by atoms with Crippen LogP contribution in [0, 0.1) is 0 Å².